The Morgan fingerprint density at radius 2 is 1.97 bits per heavy atom. The van der Waals surface area contributed by atoms with Crippen LogP contribution in [0.2, 0.25) is 0 Å². The molecule has 0 aliphatic carbocycles. The Balaban J connectivity index is 1.79. The number of benzene rings is 1. The highest BCUT2D eigenvalue weighted by Crippen LogP contribution is 2.30. The van der Waals surface area contributed by atoms with E-state index in [2.05, 4.69) is 5.32 Å². The van der Waals surface area contributed by atoms with Crippen molar-refractivity contribution in [3.05, 3.63) is 39.0 Å². The van der Waals surface area contributed by atoms with Gasteiger partial charge in [-0.3, -0.25) is 14.2 Å². The van der Waals surface area contributed by atoms with Crippen molar-refractivity contribution in [2.24, 2.45) is 0 Å². The van der Waals surface area contributed by atoms with Crippen molar-refractivity contribution in [1.82, 2.24) is 9.55 Å². The number of carbonyl (C=O) groups excluding carboxylic acids is 1. The molecule has 3 rings (SSSR count). The Kier molecular flexibility index (Phi) is 8.76. The van der Waals surface area contributed by atoms with Crippen molar-refractivity contribution >= 4 is 44.9 Å². The summed E-state index contributed by atoms with van der Waals surface area (Å²) < 4.78 is 17.6. The fourth-order valence-electron chi connectivity index (χ4n) is 3.33. The van der Waals surface area contributed by atoms with Crippen molar-refractivity contribution in [3.8, 4) is 11.5 Å². The lowest BCUT2D eigenvalue weighted by atomic mass is 10.2. The molecule has 10 heteroatoms. The molecule has 1 aromatic carbocycles. The summed E-state index contributed by atoms with van der Waals surface area (Å²) in [6.45, 7) is 7.56. The number of rotatable bonds is 11. The summed E-state index contributed by atoms with van der Waals surface area (Å²) in [5.41, 5.74) is 1.50. The zero-order valence-electron chi connectivity index (χ0n) is 19.5. The number of anilines is 1. The van der Waals surface area contributed by atoms with E-state index in [1.165, 1.54) is 23.1 Å². The molecule has 0 bridgehead atoms. The number of nitrogens with one attached hydrogen (secondary N) is 1. The predicted molar refractivity (Wildman–Crippen MR) is 133 cm³/mol. The van der Waals surface area contributed by atoms with Gasteiger partial charge in [0.15, 0.2) is 16.7 Å². The van der Waals surface area contributed by atoms with Gasteiger partial charge < -0.3 is 19.5 Å². The van der Waals surface area contributed by atoms with Crippen LogP contribution in [0.1, 0.15) is 23.8 Å². The highest BCUT2D eigenvalue weighted by atomic mass is 32.2. The zero-order valence-corrected chi connectivity index (χ0v) is 21.2. The van der Waals surface area contributed by atoms with Gasteiger partial charge in [0, 0.05) is 36.4 Å². The Morgan fingerprint density at radius 1 is 1.21 bits per heavy atom. The van der Waals surface area contributed by atoms with Gasteiger partial charge in [0.2, 0.25) is 5.91 Å². The van der Waals surface area contributed by atoms with E-state index in [1.807, 2.05) is 20.8 Å². The molecule has 33 heavy (non-hydrogen) atoms. The molecule has 1 N–H and O–H groups in total. The maximum atomic E-state index is 13.3. The zero-order chi connectivity index (χ0) is 24.0. The molecule has 0 fully saturated rings. The van der Waals surface area contributed by atoms with Gasteiger partial charge in [0.25, 0.3) is 5.56 Å². The topological polar surface area (TPSA) is 91.7 Å². The Bertz CT molecular complexity index is 1190. The van der Waals surface area contributed by atoms with E-state index >= 15 is 0 Å². The third kappa shape index (κ3) is 5.87. The lowest BCUT2D eigenvalue weighted by Gasteiger charge is -2.13. The van der Waals surface area contributed by atoms with Crippen molar-refractivity contribution in [3.63, 3.8) is 0 Å². The van der Waals surface area contributed by atoms with E-state index < -0.39 is 0 Å². The first-order valence-corrected chi connectivity index (χ1v) is 12.4. The highest BCUT2D eigenvalue weighted by molar-refractivity contribution is 7.99. The molecule has 1 amide bonds. The SMILES string of the molecule is CCOCCCn1c(SCC(=O)Nc2ccc(OC)c(OC)c2)nc2sc(C)c(C)c2c1=O. The first-order valence-electron chi connectivity index (χ1n) is 10.6. The number of amides is 1. The fourth-order valence-corrected chi connectivity index (χ4v) is 5.22. The highest BCUT2D eigenvalue weighted by Gasteiger charge is 2.18. The number of fused-ring (bicyclic) bond motifs is 1. The summed E-state index contributed by atoms with van der Waals surface area (Å²) in [6.07, 6.45) is 0.689. The van der Waals surface area contributed by atoms with Crippen LogP contribution < -0.4 is 20.3 Å². The number of aromatic nitrogens is 2. The van der Waals surface area contributed by atoms with E-state index in [4.69, 9.17) is 19.2 Å². The van der Waals surface area contributed by atoms with E-state index in [9.17, 15) is 9.59 Å². The molecule has 0 aliphatic rings. The number of aryl methyl sites for hydroxylation is 2. The summed E-state index contributed by atoms with van der Waals surface area (Å²) in [7, 11) is 3.10. The van der Waals surface area contributed by atoms with Crippen LogP contribution in [0.25, 0.3) is 10.2 Å². The Morgan fingerprint density at radius 3 is 2.67 bits per heavy atom. The largest absolute Gasteiger partial charge is 0.493 e. The Labute approximate surface area is 201 Å². The molecule has 0 atom stereocenters. The molecule has 8 nitrogen and oxygen atoms in total. The minimum atomic E-state index is -0.207. The quantitative estimate of drug-likeness (QED) is 0.244. The molecule has 2 heterocycles. The van der Waals surface area contributed by atoms with Crippen LogP contribution in [0, 0.1) is 13.8 Å². The average Bonchev–Trinajstić information content (AvgIpc) is 3.09. The number of nitrogens with zero attached hydrogens (tertiary/aromatic N) is 2. The van der Waals surface area contributed by atoms with Crippen molar-refractivity contribution < 1.29 is 19.0 Å². The van der Waals surface area contributed by atoms with Crippen LogP contribution >= 0.6 is 23.1 Å². The van der Waals surface area contributed by atoms with Crippen LogP contribution in [0.5, 0.6) is 11.5 Å². The lowest BCUT2D eigenvalue weighted by Crippen LogP contribution is -2.25. The second kappa shape index (κ2) is 11.5. The van der Waals surface area contributed by atoms with Gasteiger partial charge in [-0.1, -0.05) is 11.8 Å². The fraction of sp³-hybridized carbons (Fsp3) is 0.435. The summed E-state index contributed by atoms with van der Waals surface area (Å²) >= 11 is 2.75. The Hall–Kier alpha value is -2.56. The number of hydrogen-bond acceptors (Lipinski definition) is 8. The molecule has 0 radical (unpaired) electrons. The minimum absolute atomic E-state index is 0.0684. The molecule has 0 aliphatic heterocycles. The average molecular weight is 492 g/mol. The van der Waals surface area contributed by atoms with Crippen LogP contribution in [-0.4, -0.2) is 48.6 Å². The van der Waals surface area contributed by atoms with Gasteiger partial charge in [-0.05, 0) is 44.9 Å². The molecule has 0 spiro atoms. The number of methoxy groups -OCH3 is 2. The molecule has 0 unspecified atom stereocenters. The summed E-state index contributed by atoms with van der Waals surface area (Å²) in [4.78, 5) is 32.4. The summed E-state index contributed by atoms with van der Waals surface area (Å²) in [6, 6.07) is 5.18. The molecular formula is C23H29N3O5S2. The summed E-state index contributed by atoms with van der Waals surface area (Å²) in [5.74, 6) is 1.02. The van der Waals surface area contributed by atoms with E-state index in [1.54, 1.807) is 37.0 Å². The monoisotopic (exact) mass is 491 g/mol. The standard InChI is InChI=1S/C23H29N3O5S2/c1-6-31-11-7-10-26-22(28)20-14(2)15(3)33-21(20)25-23(26)32-13-19(27)24-16-8-9-17(29-4)18(12-16)30-5/h8-9,12H,6-7,10-11,13H2,1-5H3,(H,24,27). The minimum Gasteiger partial charge on any atom is -0.493 e. The first-order chi connectivity index (χ1) is 15.9. The molecule has 178 valence electrons. The number of thiophene rings is 1. The van der Waals surface area contributed by atoms with Crippen LogP contribution in [-0.2, 0) is 16.1 Å². The third-order valence-corrected chi connectivity index (χ3v) is 7.21. The van der Waals surface area contributed by atoms with Gasteiger partial charge in [0.05, 0.1) is 25.4 Å². The number of thioether (sulfide) groups is 1. The molecular weight excluding hydrogens is 462 g/mol. The van der Waals surface area contributed by atoms with E-state index in [0.29, 0.717) is 58.7 Å². The van der Waals surface area contributed by atoms with Gasteiger partial charge in [-0.15, -0.1) is 11.3 Å². The van der Waals surface area contributed by atoms with Gasteiger partial charge >= 0.3 is 0 Å². The van der Waals surface area contributed by atoms with Crippen LogP contribution in [0.15, 0.2) is 28.2 Å². The van der Waals surface area contributed by atoms with Gasteiger partial charge in [-0.2, -0.15) is 0 Å². The molecule has 0 saturated carbocycles. The van der Waals surface area contributed by atoms with Crippen molar-refractivity contribution in [2.45, 2.75) is 38.9 Å². The van der Waals surface area contributed by atoms with Crippen LogP contribution in [0.3, 0.4) is 0 Å². The predicted octanol–water partition coefficient (Wildman–Crippen LogP) is 4.25. The van der Waals surface area contributed by atoms with Gasteiger partial charge in [0.1, 0.15) is 4.83 Å². The first kappa shape index (κ1) is 25.1. The van der Waals surface area contributed by atoms with E-state index in [0.717, 1.165) is 10.4 Å². The van der Waals surface area contributed by atoms with Gasteiger partial charge in [-0.25, -0.2) is 4.98 Å². The lowest BCUT2D eigenvalue weighted by molar-refractivity contribution is -0.113. The molecule has 0 saturated heterocycles. The third-order valence-electron chi connectivity index (χ3n) is 5.13. The van der Waals surface area contributed by atoms with Crippen LogP contribution in [0.4, 0.5) is 5.69 Å². The van der Waals surface area contributed by atoms with E-state index in [-0.39, 0.29) is 17.2 Å². The molecule has 3 aromatic rings. The summed E-state index contributed by atoms with van der Waals surface area (Å²) in [5, 5.41) is 4.05. The number of hydrogen-bond donors (Lipinski definition) is 1. The number of carbonyl (C=O) groups is 1. The number of ether oxygens (including phenoxy) is 3. The smallest absolute Gasteiger partial charge is 0.263 e. The second-order valence-electron chi connectivity index (χ2n) is 7.27. The normalized spacial score (nSPS) is 11.1. The second-order valence-corrected chi connectivity index (χ2v) is 9.42. The maximum absolute atomic E-state index is 13.3. The maximum Gasteiger partial charge on any atom is 0.263 e. The molecule has 2 aromatic heterocycles. The van der Waals surface area contributed by atoms with Crippen molar-refractivity contribution in [1.29, 1.82) is 0 Å². The van der Waals surface area contributed by atoms with Crippen molar-refractivity contribution in [2.75, 3.05) is 38.5 Å².